The van der Waals surface area contributed by atoms with E-state index in [1.165, 1.54) is 22.9 Å². The molecule has 5 nitrogen and oxygen atoms in total. The first-order valence-electron chi connectivity index (χ1n) is 6.90. The molecule has 0 saturated heterocycles. The fourth-order valence-electron chi connectivity index (χ4n) is 2.17. The molecule has 1 unspecified atom stereocenters. The molecule has 1 aromatic heterocycles. The minimum absolute atomic E-state index is 0.0345. The van der Waals surface area contributed by atoms with E-state index >= 15 is 0 Å². The molecule has 21 heavy (non-hydrogen) atoms. The number of nitrogens with two attached hydrogens (primary N) is 1. The molecule has 1 atom stereocenters. The van der Waals surface area contributed by atoms with E-state index in [0.717, 1.165) is 12.0 Å². The van der Waals surface area contributed by atoms with Crippen molar-refractivity contribution in [3.8, 4) is 0 Å². The summed E-state index contributed by atoms with van der Waals surface area (Å²) >= 11 is 0. The first-order chi connectivity index (χ1) is 10.1. The summed E-state index contributed by atoms with van der Waals surface area (Å²) in [4.78, 5) is 23.8. The molecule has 3 N–H and O–H groups in total. The van der Waals surface area contributed by atoms with E-state index in [1.807, 2.05) is 37.3 Å². The fourth-order valence-corrected chi connectivity index (χ4v) is 2.17. The zero-order chi connectivity index (χ0) is 15.2. The van der Waals surface area contributed by atoms with Gasteiger partial charge in [0, 0.05) is 18.0 Å². The summed E-state index contributed by atoms with van der Waals surface area (Å²) in [6.45, 7) is 1.97. The van der Waals surface area contributed by atoms with Crippen LogP contribution in [0.5, 0.6) is 0 Å². The number of carbonyl (C=O) groups is 1. The lowest BCUT2D eigenvalue weighted by atomic mass is 10.0. The molecule has 1 amide bonds. The number of nitrogens with one attached hydrogen (secondary N) is 1. The summed E-state index contributed by atoms with van der Waals surface area (Å²) in [6.07, 6.45) is 2.26. The van der Waals surface area contributed by atoms with E-state index in [1.54, 1.807) is 0 Å². The molecule has 0 bridgehead atoms. The molecule has 2 aromatic rings. The minimum Gasteiger partial charge on any atom is -0.398 e. The standard InChI is InChI=1S/C16H19N3O2/c1-2-14(12-6-4-3-5-7-12)18-15(20)11-19-10-13(17)8-9-16(19)21/h3-10,14H,2,11,17H2,1H3,(H,18,20). The molecule has 0 aliphatic heterocycles. The van der Waals surface area contributed by atoms with Crippen molar-refractivity contribution in [3.63, 3.8) is 0 Å². The maximum Gasteiger partial charge on any atom is 0.251 e. The molecular formula is C16H19N3O2. The number of aromatic nitrogens is 1. The average molecular weight is 285 g/mol. The van der Waals surface area contributed by atoms with E-state index in [0.29, 0.717) is 5.69 Å². The van der Waals surface area contributed by atoms with E-state index in [4.69, 9.17) is 5.73 Å². The lowest BCUT2D eigenvalue weighted by molar-refractivity contribution is -0.122. The number of rotatable bonds is 5. The van der Waals surface area contributed by atoms with Crippen molar-refractivity contribution < 1.29 is 4.79 Å². The Morgan fingerprint density at radius 3 is 2.62 bits per heavy atom. The molecule has 1 aromatic carbocycles. The minimum atomic E-state index is -0.243. The second-order valence-electron chi connectivity index (χ2n) is 4.87. The summed E-state index contributed by atoms with van der Waals surface area (Å²) in [5.41, 5.74) is 6.89. The monoisotopic (exact) mass is 285 g/mol. The number of pyridine rings is 1. The number of nitrogens with zero attached hydrogens (tertiary/aromatic N) is 1. The Balaban J connectivity index is 2.07. The van der Waals surface area contributed by atoms with Gasteiger partial charge in [-0.05, 0) is 18.1 Å². The number of benzene rings is 1. The van der Waals surface area contributed by atoms with Crippen molar-refractivity contribution >= 4 is 11.6 Å². The molecule has 0 aliphatic rings. The predicted octanol–water partition coefficient (Wildman–Crippen LogP) is 1.70. The summed E-state index contributed by atoms with van der Waals surface area (Å²) in [5, 5.41) is 2.94. The summed E-state index contributed by atoms with van der Waals surface area (Å²) in [5.74, 6) is -0.210. The zero-order valence-corrected chi connectivity index (χ0v) is 12.0. The largest absolute Gasteiger partial charge is 0.398 e. The predicted molar refractivity (Wildman–Crippen MR) is 82.7 cm³/mol. The molecule has 110 valence electrons. The van der Waals surface area contributed by atoms with Crippen LogP contribution in [0.4, 0.5) is 5.69 Å². The number of carbonyl (C=O) groups excluding carboxylic acids is 1. The van der Waals surface area contributed by atoms with Crippen molar-refractivity contribution in [3.05, 3.63) is 64.6 Å². The topological polar surface area (TPSA) is 77.1 Å². The molecule has 0 fully saturated rings. The van der Waals surface area contributed by atoms with Crippen LogP contribution in [-0.4, -0.2) is 10.5 Å². The molecular weight excluding hydrogens is 266 g/mol. The number of hydrogen-bond acceptors (Lipinski definition) is 3. The Bertz CT molecular complexity index is 665. The number of hydrogen-bond donors (Lipinski definition) is 2. The summed E-state index contributed by atoms with van der Waals surface area (Å²) in [7, 11) is 0. The highest BCUT2D eigenvalue weighted by molar-refractivity contribution is 5.76. The van der Waals surface area contributed by atoms with E-state index in [2.05, 4.69) is 5.32 Å². The maximum absolute atomic E-state index is 12.1. The normalized spacial score (nSPS) is 11.9. The molecule has 0 spiro atoms. The second-order valence-corrected chi connectivity index (χ2v) is 4.87. The molecule has 5 heteroatoms. The summed E-state index contributed by atoms with van der Waals surface area (Å²) in [6, 6.07) is 12.6. The SMILES string of the molecule is CCC(NC(=O)Cn1cc(N)ccc1=O)c1ccccc1. The van der Waals surface area contributed by atoms with E-state index in [9.17, 15) is 9.59 Å². The molecule has 1 heterocycles. The Morgan fingerprint density at radius 1 is 1.24 bits per heavy atom. The zero-order valence-electron chi connectivity index (χ0n) is 12.0. The maximum atomic E-state index is 12.1. The Morgan fingerprint density at radius 2 is 1.95 bits per heavy atom. The van der Waals surface area contributed by atoms with Gasteiger partial charge in [-0.15, -0.1) is 0 Å². The Labute approximate surface area is 123 Å². The fraction of sp³-hybridized carbons (Fsp3) is 0.250. The van der Waals surface area contributed by atoms with Crippen LogP contribution in [0.3, 0.4) is 0 Å². The Hall–Kier alpha value is -2.56. The van der Waals surface area contributed by atoms with Crippen LogP contribution in [0.1, 0.15) is 24.9 Å². The first-order valence-corrected chi connectivity index (χ1v) is 6.90. The van der Waals surface area contributed by atoms with Gasteiger partial charge >= 0.3 is 0 Å². The van der Waals surface area contributed by atoms with Gasteiger partial charge in [0.15, 0.2) is 0 Å². The first kappa shape index (κ1) is 14.8. The van der Waals surface area contributed by atoms with Crippen LogP contribution < -0.4 is 16.6 Å². The van der Waals surface area contributed by atoms with Gasteiger partial charge in [-0.2, -0.15) is 0 Å². The van der Waals surface area contributed by atoms with Gasteiger partial charge in [0.05, 0.1) is 6.04 Å². The lowest BCUT2D eigenvalue weighted by Gasteiger charge is -2.18. The highest BCUT2D eigenvalue weighted by atomic mass is 16.2. The number of nitrogen functional groups attached to an aromatic ring is 1. The Kier molecular flexibility index (Phi) is 4.77. The van der Waals surface area contributed by atoms with Gasteiger partial charge in [-0.3, -0.25) is 9.59 Å². The van der Waals surface area contributed by atoms with Crippen molar-refractivity contribution in [1.29, 1.82) is 0 Å². The van der Waals surface area contributed by atoms with Crippen LogP contribution in [0.2, 0.25) is 0 Å². The second kappa shape index (κ2) is 6.74. The van der Waals surface area contributed by atoms with Gasteiger partial charge in [0.1, 0.15) is 6.54 Å². The average Bonchev–Trinajstić information content (AvgIpc) is 2.49. The highest BCUT2D eigenvalue weighted by Gasteiger charge is 2.13. The third-order valence-corrected chi connectivity index (χ3v) is 3.27. The summed E-state index contributed by atoms with van der Waals surface area (Å²) < 4.78 is 1.31. The third-order valence-electron chi connectivity index (χ3n) is 3.27. The molecule has 0 radical (unpaired) electrons. The van der Waals surface area contributed by atoms with Crippen LogP contribution in [0.15, 0.2) is 53.5 Å². The van der Waals surface area contributed by atoms with Crippen molar-refractivity contribution in [2.45, 2.75) is 25.9 Å². The van der Waals surface area contributed by atoms with Crippen LogP contribution in [0, 0.1) is 0 Å². The van der Waals surface area contributed by atoms with Gasteiger partial charge in [0.25, 0.3) is 5.56 Å². The van der Waals surface area contributed by atoms with Crippen molar-refractivity contribution in [2.75, 3.05) is 5.73 Å². The number of anilines is 1. The van der Waals surface area contributed by atoms with Crippen LogP contribution >= 0.6 is 0 Å². The number of amides is 1. The van der Waals surface area contributed by atoms with Gasteiger partial charge in [-0.25, -0.2) is 0 Å². The van der Waals surface area contributed by atoms with Crippen molar-refractivity contribution in [2.24, 2.45) is 0 Å². The molecule has 2 rings (SSSR count). The van der Waals surface area contributed by atoms with Crippen LogP contribution in [-0.2, 0) is 11.3 Å². The molecule has 0 aliphatic carbocycles. The molecule has 0 saturated carbocycles. The quantitative estimate of drug-likeness (QED) is 0.877. The van der Waals surface area contributed by atoms with Gasteiger partial charge in [-0.1, -0.05) is 37.3 Å². The van der Waals surface area contributed by atoms with Gasteiger partial charge < -0.3 is 15.6 Å². The lowest BCUT2D eigenvalue weighted by Crippen LogP contribution is -2.34. The van der Waals surface area contributed by atoms with E-state index < -0.39 is 0 Å². The van der Waals surface area contributed by atoms with Crippen LogP contribution in [0.25, 0.3) is 0 Å². The highest BCUT2D eigenvalue weighted by Crippen LogP contribution is 2.15. The van der Waals surface area contributed by atoms with E-state index in [-0.39, 0.29) is 24.1 Å². The smallest absolute Gasteiger partial charge is 0.251 e. The van der Waals surface area contributed by atoms with Crippen molar-refractivity contribution in [1.82, 2.24) is 9.88 Å². The third kappa shape index (κ3) is 3.95. The van der Waals surface area contributed by atoms with Gasteiger partial charge in [0.2, 0.25) is 5.91 Å².